The highest BCUT2D eigenvalue weighted by Crippen LogP contribution is 2.36. The lowest BCUT2D eigenvalue weighted by Crippen LogP contribution is -2.48. The van der Waals surface area contributed by atoms with Gasteiger partial charge in [-0.2, -0.15) is 0 Å². The number of nitrogens with one attached hydrogen (secondary N) is 2. The SMILES string of the molecule is COC(=O)c1[nH]c(=O)n(C(=O)NCCCN2CCC(C(=O)OC)(c3ccccc3)CC2)c1-c1ccc(F)c(F)c1. The van der Waals surface area contributed by atoms with Crippen LogP contribution in [0.3, 0.4) is 0 Å². The number of benzene rings is 2. The molecule has 1 aromatic heterocycles. The normalized spacial score (nSPS) is 14.9. The molecule has 1 saturated heterocycles. The van der Waals surface area contributed by atoms with Gasteiger partial charge in [0, 0.05) is 12.1 Å². The van der Waals surface area contributed by atoms with Crippen molar-refractivity contribution in [2.24, 2.45) is 0 Å². The number of nitrogens with zero attached hydrogens (tertiary/aromatic N) is 2. The molecule has 3 aromatic rings. The van der Waals surface area contributed by atoms with E-state index in [4.69, 9.17) is 4.74 Å². The first-order valence-corrected chi connectivity index (χ1v) is 12.7. The van der Waals surface area contributed by atoms with Gasteiger partial charge in [0.25, 0.3) is 0 Å². The number of aromatic amines is 1. The number of hydrogen-bond acceptors (Lipinski definition) is 7. The van der Waals surface area contributed by atoms with E-state index in [9.17, 15) is 28.0 Å². The maximum atomic E-state index is 13.9. The summed E-state index contributed by atoms with van der Waals surface area (Å²) in [6.45, 7) is 2.12. The van der Waals surface area contributed by atoms with E-state index in [1.54, 1.807) is 0 Å². The molecule has 2 N–H and O–H groups in total. The average molecular weight is 557 g/mol. The third-order valence-corrected chi connectivity index (χ3v) is 7.22. The minimum absolute atomic E-state index is 0.0615. The number of hydrogen-bond donors (Lipinski definition) is 2. The number of piperidine rings is 1. The van der Waals surface area contributed by atoms with Crippen LogP contribution in [0.25, 0.3) is 11.3 Å². The number of halogens is 2. The van der Waals surface area contributed by atoms with Crippen molar-refractivity contribution >= 4 is 18.0 Å². The number of ether oxygens (including phenoxy) is 2. The van der Waals surface area contributed by atoms with Crippen LogP contribution in [0.4, 0.5) is 13.6 Å². The van der Waals surface area contributed by atoms with E-state index < -0.39 is 34.7 Å². The highest BCUT2D eigenvalue weighted by molar-refractivity contribution is 5.97. The van der Waals surface area contributed by atoms with E-state index in [1.807, 2.05) is 30.3 Å². The van der Waals surface area contributed by atoms with Crippen LogP contribution < -0.4 is 11.0 Å². The van der Waals surface area contributed by atoms with Crippen molar-refractivity contribution in [3.8, 4) is 11.3 Å². The Hall–Kier alpha value is -4.32. The number of rotatable bonds is 8. The number of H-pyrrole nitrogens is 1. The monoisotopic (exact) mass is 556 g/mol. The summed E-state index contributed by atoms with van der Waals surface area (Å²) in [4.78, 5) is 55.0. The number of likely N-dealkylation sites (tertiary alicyclic amines) is 1. The topological polar surface area (TPSA) is 123 Å². The van der Waals surface area contributed by atoms with Gasteiger partial charge in [0.15, 0.2) is 17.3 Å². The van der Waals surface area contributed by atoms with Gasteiger partial charge >= 0.3 is 23.7 Å². The lowest BCUT2D eigenvalue weighted by atomic mass is 9.72. The molecule has 40 heavy (non-hydrogen) atoms. The molecule has 1 aliphatic rings. The fraction of sp³-hybridized carbons (Fsp3) is 0.357. The molecular formula is C28H30F2N4O6. The third kappa shape index (κ3) is 5.67. The summed E-state index contributed by atoms with van der Waals surface area (Å²) in [6.07, 6.45) is 1.71. The lowest BCUT2D eigenvalue weighted by Gasteiger charge is -2.40. The Bertz CT molecular complexity index is 1440. The highest BCUT2D eigenvalue weighted by atomic mass is 19.2. The standard InChI is InChI=1S/C28H30F2N4O6/c1-39-24(35)22-23(18-9-10-20(29)21(30)17-18)34(27(38)32-22)26(37)31-13-6-14-33-15-11-28(12-16-33,25(36)40-2)19-7-4-3-5-8-19/h3-5,7-10,17H,6,11-16H2,1-2H3,(H,31,37)(H,32,38). The number of imidazole rings is 1. The van der Waals surface area contributed by atoms with Crippen molar-refractivity contribution in [1.29, 1.82) is 0 Å². The van der Waals surface area contributed by atoms with Crippen LogP contribution in [-0.2, 0) is 19.7 Å². The smallest absolute Gasteiger partial charge is 0.356 e. The molecule has 0 unspecified atom stereocenters. The summed E-state index contributed by atoms with van der Waals surface area (Å²) in [5, 5.41) is 2.64. The highest BCUT2D eigenvalue weighted by Gasteiger charge is 2.43. The lowest BCUT2D eigenvalue weighted by molar-refractivity contribution is -0.149. The molecule has 2 aromatic carbocycles. The molecule has 0 saturated carbocycles. The number of methoxy groups -OCH3 is 2. The van der Waals surface area contributed by atoms with Gasteiger partial charge < -0.3 is 19.7 Å². The molecule has 10 nitrogen and oxygen atoms in total. The zero-order valence-electron chi connectivity index (χ0n) is 22.2. The van der Waals surface area contributed by atoms with Crippen LogP contribution in [0.2, 0.25) is 0 Å². The first-order valence-electron chi connectivity index (χ1n) is 12.7. The van der Waals surface area contributed by atoms with Crippen molar-refractivity contribution in [3.63, 3.8) is 0 Å². The van der Waals surface area contributed by atoms with Gasteiger partial charge in [-0.05, 0) is 62.7 Å². The van der Waals surface area contributed by atoms with Crippen molar-refractivity contribution in [3.05, 3.63) is 81.9 Å². The number of esters is 2. The summed E-state index contributed by atoms with van der Waals surface area (Å²) < 4.78 is 37.9. The van der Waals surface area contributed by atoms with Gasteiger partial charge in [0.2, 0.25) is 0 Å². The summed E-state index contributed by atoms with van der Waals surface area (Å²) in [5.41, 5.74) is -1.39. The molecule has 212 valence electrons. The Balaban J connectivity index is 1.40. The zero-order chi connectivity index (χ0) is 28.9. The first kappa shape index (κ1) is 28.7. The second kappa shape index (κ2) is 12.2. The number of aromatic nitrogens is 2. The van der Waals surface area contributed by atoms with Crippen LogP contribution in [0.15, 0.2) is 53.3 Å². The molecular weight excluding hydrogens is 526 g/mol. The van der Waals surface area contributed by atoms with Gasteiger partial charge in [-0.15, -0.1) is 0 Å². The van der Waals surface area contributed by atoms with Gasteiger partial charge in [-0.1, -0.05) is 30.3 Å². The second-order valence-corrected chi connectivity index (χ2v) is 9.48. The van der Waals surface area contributed by atoms with Gasteiger partial charge in [0.1, 0.15) is 0 Å². The molecule has 0 radical (unpaired) electrons. The number of carbonyl (C=O) groups excluding carboxylic acids is 3. The van der Waals surface area contributed by atoms with Gasteiger partial charge in [0.05, 0.1) is 25.3 Å². The quantitative estimate of drug-likeness (QED) is 0.323. The van der Waals surface area contributed by atoms with E-state index in [0.717, 1.165) is 30.9 Å². The molecule has 0 spiro atoms. The van der Waals surface area contributed by atoms with Gasteiger partial charge in [-0.3, -0.25) is 9.78 Å². The minimum Gasteiger partial charge on any atom is -0.468 e. The average Bonchev–Trinajstić information content (AvgIpc) is 3.33. The van der Waals surface area contributed by atoms with Crippen molar-refractivity contribution < 1.29 is 32.6 Å². The Morgan fingerprint density at radius 2 is 1.70 bits per heavy atom. The van der Waals surface area contributed by atoms with Crippen LogP contribution in [0.5, 0.6) is 0 Å². The summed E-state index contributed by atoms with van der Waals surface area (Å²) in [7, 11) is 2.48. The predicted octanol–water partition coefficient (Wildman–Crippen LogP) is 3.06. The van der Waals surface area contributed by atoms with Crippen LogP contribution in [0.1, 0.15) is 35.3 Å². The largest absolute Gasteiger partial charge is 0.468 e. The molecule has 0 atom stereocenters. The first-order chi connectivity index (χ1) is 19.2. The zero-order valence-corrected chi connectivity index (χ0v) is 22.2. The molecule has 1 amide bonds. The van der Waals surface area contributed by atoms with Crippen LogP contribution in [0, 0.1) is 11.6 Å². The third-order valence-electron chi connectivity index (χ3n) is 7.22. The minimum atomic E-state index is -1.21. The molecule has 4 rings (SSSR count). The van der Waals surface area contributed by atoms with Crippen molar-refractivity contribution in [1.82, 2.24) is 19.8 Å². The van der Waals surface area contributed by atoms with E-state index >= 15 is 0 Å². The van der Waals surface area contributed by atoms with Crippen molar-refractivity contribution in [2.45, 2.75) is 24.7 Å². The summed E-state index contributed by atoms with van der Waals surface area (Å²) in [6, 6.07) is 11.5. The predicted molar refractivity (Wildman–Crippen MR) is 141 cm³/mol. The molecule has 0 bridgehead atoms. The number of amides is 1. The fourth-order valence-electron chi connectivity index (χ4n) is 5.09. The summed E-state index contributed by atoms with van der Waals surface area (Å²) >= 11 is 0. The maximum Gasteiger partial charge on any atom is 0.356 e. The van der Waals surface area contributed by atoms with E-state index in [0.29, 0.717) is 43.5 Å². The van der Waals surface area contributed by atoms with Crippen LogP contribution in [-0.4, -0.2) is 72.8 Å². The van der Waals surface area contributed by atoms with Crippen LogP contribution >= 0.6 is 0 Å². The Labute approximate surface area is 228 Å². The van der Waals surface area contributed by atoms with E-state index in [1.165, 1.54) is 7.11 Å². The molecule has 12 heteroatoms. The molecule has 1 aliphatic heterocycles. The second-order valence-electron chi connectivity index (χ2n) is 9.48. The van der Waals surface area contributed by atoms with Crippen molar-refractivity contribution in [2.75, 3.05) is 40.4 Å². The van der Waals surface area contributed by atoms with E-state index in [-0.39, 0.29) is 29.5 Å². The molecule has 1 fully saturated rings. The summed E-state index contributed by atoms with van der Waals surface area (Å²) in [5.74, 6) is -3.54. The van der Waals surface area contributed by atoms with Gasteiger partial charge in [-0.25, -0.2) is 27.7 Å². The van der Waals surface area contributed by atoms with E-state index in [2.05, 4.69) is 19.9 Å². The number of carbonyl (C=O) groups is 3. The fourth-order valence-corrected chi connectivity index (χ4v) is 5.09. The Kier molecular flexibility index (Phi) is 8.78. The molecule has 0 aliphatic carbocycles. The Morgan fingerprint density at radius 1 is 1.00 bits per heavy atom. The molecule has 2 heterocycles. The Morgan fingerprint density at radius 3 is 2.33 bits per heavy atom. The maximum absolute atomic E-state index is 13.9.